The monoisotopic (exact) mass is 141 g/mol. The molecule has 0 amide bonds. The lowest BCUT2D eigenvalue weighted by Gasteiger charge is -2.26. The first kappa shape index (κ1) is 8.06. The van der Waals surface area contributed by atoms with E-state index in [4.69, 9.17) is 0 Å². The van der Waals surface area contributed by atoms with Gasteiger partial charge in [0.25, 0.3) is 0 Å². The fourth-order valence-corrected chi connectivity index (χ4v) is 1.91. The molecule has 0 unspecified atom stereocenters. The minimum atomic E-state index is 0.828. The number of nitrogens with one attached hydrogen (secondary N) is 1. The highest BCUT2D eigenvalue weighted by Crippen LogP contribution is 2.23. The van der Waals surface area contributed by atoms with Crippen molar-refractivity contribution in [2.24, 2.45) is 5.92 Å². The molecule has 0 aromatic carbocycles. The summed E-state index contributed by atoms with van der Waals surface area (Å²) in [6, 6.07) is 0.828. The van der Waals surface area contributed by atoms with Gasteiger partial charge in [-0.05, 0) is 25.3 Å². The predicted molar refractivity (Wildman–Crippen MR) is 45.1 cm³/mol. The van der Waals surface area contributed by atoms with E-state index in [9.17, 15) is 0 Å². The van der Waals surface area contributed by atoms with Crippen molar-refractivity contribution in [1.29, 1.82) is 0 Å². The van der Waals surface area contributed by atoms with Crippen LogP contribution in [0.1, 0.15) is 39.5 Å². The van der Waals surface area contributed by atoms with Gasteiger partial charge in [-0.15, -0.1) is 0 Å². The summed E-state index contributed by atoms with van der Waals surface area (Å²) < 4.78 is 0. The molecule has 1 N–H and O–H groups in total. The molecule has 1 fully saturated rings. The Labute approximate surface area is 64.2 Å². The fourth-order valence-electron chi connectivity index (χ4n) is 1.91. The standard InChI is InChI=1S/C9H19N/c1-3-10-9-6-4-5-8(2)7-9/h8-10H,3-7H2,1-2H3/t8-,9-/m0/s1. The van der Waals surface area contributed by atoms with Crippen molar-refractivity contribution < 1.29 is 0 Å². The molecule has 0 spiro atoms. The second kappa shape index (κ2) is 3.97. The summed E-state index contributed by atoms with van der Waals surface area (Å²) in [7, 11) is 0. The van der Waals surface area contributed by atoms with Crippen LogP contribution >= 0.6 is 0 Å². The lowest BCUT2D eigenvalue weighted by molar-refractivity contribution is 0.305. The summed E-state index contributed by atoms with van der Waals surface area (Å²) in [4.78, 5) is 0. The maximum atomic E-state index is 3.51. The summed E-state index contributed by atoms with van der Waals surface area (Å²) in [5.41, 5.74) is 0. The highest BCUT2D eigenvalue weighted by molar-refractivity contribution is 4.74. The molecule has 0 saturated heterocycles. The Hall–Kier alpha value is -0.0400. The molecule has 10 heavy (non-hydrogen) atoms. The van der Waals surface area contributed by atoms with E-state index in [0.717, 1.165) is 18.5 Å². The van der Waals surface area contributed by atoms with Crippen LogP contribution in [0.15, 0.2) is 0 Å². The molecule has 1 aliphatic rings. The summed E-state index contributed by atoms with van der Waals surface area (Å²) in [6.07, 6.45) is 5.67. The van der Waals surface area contributed by atoms with Crippen molar-refractivity contribution >= 4 is 0 Å². The maximum absolute atomic E-state index is 3.51. The van der Waals surface area contributed by atoms with Gasteiger partial charge in [-0.1, -0.05) is 26.7 Å². The van der Waals surface area contributed by atoms with Crippen molar-refractivity contribution in [2.45, 2.75) is 45.6 Å². The lowest BCUT2D eigenvalue weighted by Crippen LogP contribution is -2.33. The van der Waals surface area contributed by atoms with E-state index in [1.54, 1.807) is 0 Å². The zero-order chi connectivity index (χ0) is 7.40. The van der Waals surface area contributed by atoms with Gasteiger partial charge in [0.05, 0.1) is 0 Å². The molecule has 0 aromatic rings. The molecule has 1 heteroatoms. The quantitative estimate of drug-likeness (QED) is 0.621. The van der Waals surface area contributed by atoms with Gasteiger partial charge in [-0.3, -0.25) is 0 Å². The van der Waals surface area contributed by atoms with E-state index < -0.39 is 0 Å². The first-order valence-corrected chi connectivity index (χ1v) is 4.56. The van der Waals surface area contributed by atoms with Crippen LogP contribution < -0.4 is 5.32 Å². The van der Waals surface area contributed by atoms with E-state index in [2.05, 4.69) is 19.2 Å². The Morgan fingerprint density at radius 2 is 2.20 bits per heavy atom. The van der Waals surface area contributed by atoms with Gasteiger partial charge in [-0.25, -0.2) is 0 Å². The van der Waals surface area contributed by atoms with E-state index in [1.807, 2.05) is 0 Å². The smallest absolute Gasteiger partial charge is 0.00694 e. The largest absolute Gasteiger partial charge is 0.314 e. The molecule has 1 saturated carbocycles. The van der Waals surface area contributed by atoms with Crippen LogP contribution in [-0.4, -0.2) is 12.6 Å². The summed E-state index contributed by atoms with van der Waals surface area (Å²) >= 11 is 0. The van der Waals surface area contributed by atoms with Crippen LogP contribution in [-0.2, 0) is 0 Å². The second-order valence-corrected chi connectivity index (χ2v) is 3.53. The topological polar surface area (TPSA) is 12.0 Å². The number of rotatable bonds is 2. The Morgan fingerprint density at radius 1 is 1.40 bits per heavy atom. The minimum absolute atomic E-state index is 0.828. The van der Waals surface area contributed by atoms with Crippen molar-refractivity contribution in [3.63, 3.8) is 0 Å². The lowest BCUT2D eigenvalue weighted by atomic mass is 9.87. The minimum Gasteiger partial charge on any atom is -0.314 e. The van der Waals surface area contributed by atoms with Crippen LogP contribution in [0.25, 0.3) is 0 Å². The van der Waals surface area contributed by atoms with Crippen molar-refractivity contribution in [2.75, 3.05) is 6.54 Å². The molecule has 0 heterocycles. The van der Waals surface area contributed by atoms with Gasteiger partial charge in [0.1, 0.15) is 0 Å². The average molecular weight is 141 g/mol. The van der Waals surface area contributed by atoms with Gasteiger partial charge < -0.3 is 5.32 Å². The predicted octanol–water partition coefficient (Wildman–Crippen LogP) is 2.17. The zero-order valence-electron chi connectivity index (χ0n) is 7.19. The molecule has 2 atom stereocenters. The van der Waals surface area contributed by atoms with Crippen molar-refractivity contribution in [1.82, 2.24) is 5.32 Å². The SMILES string of the molecule is CCN[C@H]1CCC[C@H](C)C1. The Morgan fingerprint density at radius 3 is 2.80 bits per heavy atom. The van der Waals surface area contributed by atoms with Gasteiger partial charge in [0.2, 0.25) is 0 Å². The molecule has 1 rings (SSSR count). The first-order valence-electron chi connectivity index (χ1n) is 4.56. The molecule has 0 aromatic heterocycles. The third-order valence-corrected chi connectivity index (χ3v) is 2.43. The van der Waals surface area contributed by atoms with Gasteiger partial charge in [-0.2, -0.15) is 0 Å². The summed E-state index contributed by atoms with van der Waals surface area (Å²) in [5.74, 6) is 0.956. The molecule has 60 valence electrons. The van der Waals surface area contributed by atoms with Crippen LogP contribution in [0, 0.1) is 5.92 Å². The number of hydrogen-bond donors (Lipinski definition) is 1. The molecule has 0 bridgehead atoms. The second-order valence-electron chi connectivity index (χ2n) is 3.53. The van der Waals surface area contributed by atoms with Crippen LogP contribution in [0.5, 0.6) is 0 Å². The molecule has 1 nitrogen and oxygen atoms in total. The molecule has 0 aliphatic heterocycles. The highest BCUT2D eigenvalue weighted by Gasteiger charge is 2.16. The van der Waals surface area contributed by atoms with Gasteiger partial charge >= 0.3 is 0 Å². The summed E-state index contributed by atoms with van der Waals surface area (Å²) in [5, 5.41) is 3.51. The van der Waals surface area contributed by atoms with E-state index in [-0.39, 0.29) is 0 Å². The molecular formula is C9H19N. The molecule has 1 aliphatic carbocycles. The number of hydrogen-bond acceptors (Lipinski definition) is 1. The summed E-state index contributed by atoms with van der Waals surface area (Å²) in [6.45, 7) is 5.69. The molecular weight excluding hydrogens is 122 g/mol. The zero-order valence-corrected chi connectivity index (χ0v) is 7.19. The molecule has 0 radical (unpaired) electrons. The van der Waals surface area contributed by atoms with Gasteiger partial charge in [0.15, 0.2) is 0 Å². The average Bonchev–Trinajstić information content (AvgIpc) is 1.88. The van der Waals surface area contributed by atoms with Gasteiger partial charge in [0, 0.05) is 6.04 Å². The first-order chi connectivity index (χ1) is 4.83. The van der Waals surface area contributed by atoms with E-state index in [0.29, 0.717) is 0 Å². The normalized spacial score (nSPS) is 34.2. The maximum Gasteiger partial charge on any atom is 0.00694 e. The van der Waals surface area contributed by atoms with E-state index >= 15 is 0 Å². The van der Waals surface area contributed by atoms with Crippen LogP contribution in [0.3, 0.4) is 0 Å². The third kappa shape index (κ3) is 2.30. The van der Waals surface area contributed by atoms with E-state index in [1.165, 1.54) is 25.7 Å². The Kier molecular flexibility index (Phi) is 3.20. The fraction of sp³-hybridized carbons (Fsp3) is 1.00. The van der Waals surface area contributed by atoms with Crippen LogP contribution in [0.2, 0.25) is 0 Å². The van der Waals surface area contributed by atoms with Crippen LogP contribution in [0.4, 0.5) is 0 Å². The Balaban J connectivity index is 2.18. The van der Waals surface area contributed by atoms with Crippen molar-refractivity contribution in [3.8, 4) is 0 Å². The third-order valence-electron chi connectivity index (χ3n) is 2.43. The Bertz CT molecular complexity index is 88.7. The van der Waals surface area contributed by atoms with Crippen molar-refractivity contribution in [3.05, 3.63) is 0 Å². The highest BCUT2D eigenvalue weighted by atomic mass is 14.9.